The van der Waals surface area contributed by atoms with Gasteiger partial charge >= 0.3 is 0 Å². The summed E-state index contributed by atoms with van der Waals surface area (Å²) in [6.45, 7) is 4.10. The predicted molar refractivity (Wildman–Crippen MR) is 86.9 cm³/mol. The average molecular weight is 304 g/mol. The summed E-state index contributed by atoms with van der Waals surface area (Å²) in [5.41, 5.74) is 0.785. The molecule has 0 bridgehead atoms. The number of ether oxygens (including phenoxy) is 1. The number of anilines is 1. The van der Waals surface area contributed by atoms with Crippen LogP contribution in [-0.2, 0) is 11.3 Å². The molecule has 1 heterocycles. The Hall–Kier alpha value is -1.85. The molecule has 1 aromatic carbocycles. The highest BCUT2D eigenvalue weighted by molar-refractivity contribution is 7.09. The number of amides is 1. The maximum atomic E-state index is 12.1. The zero-order valence-electron chi connectivity index (χ0n) is 12.3. The van der Waals surface area contributed by atoms with E-state index in [1.165, 1.54) is 4.88 Å². The third-order valence-electron chi connectivity index (χ3n) is 3.15. The molecule has 0 spiro atoms. The molecule has 0 aliphatic heterocycles. The Morgan fingerprint density at radius 1 is 1.29 bits per heavy atom. The van der Waals surface area contributed by atoms with Crippen LogP contribution in [0, 0.1) is 0 Å². The van der Waals surface area contributed by atoms with Gasteiger partial charge in [-0.2, -0.15) is 0 Å². The van der Waals surface area contributed by atoms with Crippen molar-refractivity contribution in [2.45, 2.75) is 13.5 Å². The van der Waals surface area contributed by atoms with Crippen LogP contribution < -0.4 is 10.1 Å². The molecule has 0 saturated heterocycles. The van der Waals surface area contributed by atoms with Crippen molar-refractivity contribution in [2.24, 2.45) is 0 Å². The van der Waals surface area contributed by atoms with Crippen molar-refractivity contribution < 1.29 is 9.53 Å². The monoisotopic (exact) mass is 304 g/mol. The number of rotatable bonds is 7. The molecule has 5 heteroatoms. The van der Waals surface area contributed by atoms with Gasteiger partial charge in [-0.3, -0.25) is 9.69 Å². The first-order chi connectivity index (χ1) is 10.2. The van der Waals surface area contributed by atoms with Gasteiger partial charge < -0.3 is 10.1 Å². The van der Waals surface area contributed by atoms with Crippen LogP contribution in [0.4, 0.5) is 5.69 Å². The maximum Gasteiger partial charge on any atom is 0.238 e. The van der Waals surface area contributed by atoms with E-state index in [1.54, 1.807) is 18.4 Å². The van der Waals surface area contributed by atoms with Crippen molar-refractivity contribution in [3.63, 3.8) is 0 Å². The molecular weight excluding hydrogens is 284 g/mol. The topological polar surface area (TPSA) is 41.6 Å². The molecular formula is C16H20N2O2S. The number of likely N-dealkylation sites (N-methyl/N-ethyl adjacent to an activating group) is 1. The van der Waals surface area contributed by atoms with Crippen LogP contribution in [0.3, 0.4) is 0 Å². The quantitative estimate of drug-likeness (QED) is 0.854. The summed E-state index contributed by atoms with van der Waals surface area (Å²) in [6.07, 6.45) is 0. The van der Waals surface area contributed by atoms with Gasteiger partial charge in [-0.1, -0.05) is 13.0 Å². The van der Waals surface area contributed by atoms with Crippen molar-refractivity contribution in [1.82, 2.24) is 4.90 Å². The van der Waals surface area contributed by atoms with Crippen LogP contribution in [0.2, 0.25) is 0 Å². The van der Waals surface area contributed by atoms with Gasteiger partial charge in [0.05, 0.1) is 13.7 Å². The maximum absolute atomic E-state index is 12.1. The molecule has 0 aliphatic carbocycles. The summed E-state index contributed by atoms with van der Waals surface area (Å²) >= 11 is 1.71. The van der Waals surface area contributed by atoms with E-state index in [1.807, 2.05) is 30.3 Å². The van der Waals surface area contributed by atoms with Crippen molar-refractivity contribution in [1.29, 1.82) is 0 Å². The van der Waals surface area contributed by atoms with E-state index >= 15 is 0 Å². The molecule has 2 aromatic rings. The minimum atomic E-state index is -0.00132. The van der Waals surface area contributed by atoms with E-state index in [9.17, 15) is 4.79 Å². The molecule has 0 fully saturated rings. The zero-order valence-corrected chi connectivity index (χ0v) is 13.2. The SMILES string of the molecule is CCN(CC(=O)Nc1ccc(OC)cc1)Cc1cccs1. The highest BCUT2D eigenvalue weighted by Gasteiger charge is 2.10. The molecule has 4 nitrogen and oxygen atoms in total. The number of thiophene rings is 1. The minimum absolute atomic E-state index is 0.00132. The first-order valence-electron chi connectivity index (χ1n) is 6.90. The molecule has 0 unspecified atom stereocenters. The van der Waals surface area contributed by atoms with E-state index in [4.69, 9.17) is 4.74 Å². The Labute approximate surface area is 129 Å². The second-order valence-electron chi connectivity index (χ2n) is 4.66. The summed E-state index contributed by atoms with van der Waals surface area (Å²) in [6, 6.07) is 11.5. The number of carbonyl (C=O) groups is 1. The number of hydrogen-bond acceptors (Lipinski definition) is 4. The lowest BCUT2D eigenvalue weighted by Crippen LogP contribution is -2.32. The van der Waals surface area contributed by atoms with E-state index in [0.717, 1.165) is 24.5 Å². The van der Waals surface area contributed by atoms with Gasteiger partial charge in [-0.05, 0) is 42.3 Å². The molecule has 0 aliphatic rings. The summed E-state index contributed by atoms with van der Waals surface area (Å²) in [5, 5.41) is 4.96. The first kappa shape index (κ1) is 15.5. The lowest BCUT2D eigenvalue weighted by atomic mass is 10.3. The van der Waals surface area contributed by atoms with Crippen LogP contribution >= 0.6 is 11.3 Å². The van der Waals surface area contributed by atoms with Crippen molar-refractivity contribution in [3.05, 3.63) is 46.7 Å². The molecule has 1 aromatic heterocycles. The number of methoxy groups -OCH3 is 1. The van der Waals surface area contributed by atoms with E-state index in [0.29, 0.717) is 6.54 Å². The fourth-order valence-electron chi connectivity index (χ4n) is 1.98. The number of benzene rings is 1. The molecule has 2 rings (SSSR count). The normalized spacial score (nSPS) is 10.6. The van der Waals surface area contributed by atoms with Crippen molar-refractivity contribution >= 4 is 22.9 Å². The van der Waals surface area contributed by atoms with Crippen LogP contribution in [-0.4, -0.2) is 31.0 Å². The van der Waals surface area contributed by atoms with Gasteiger partial charge in [-0.15, -0.1) is 11.3 Å². The molecule has 1 amide bonds. The second-order valence-corrected chi connectivity index (χ2v) is 5.69. The number of carbonyl (C=O) groups excluding carboxylic acids is 1. The van der Waals surface area contributed by atoms with Gasteiger partial charge in [0, 0.05) is 17.1 Å². The van der Waals surface area contributed by atoms with Crippen molar-refractivity contribution in [3.8, 4) is 5.75 Å². The molecule has 0 atom stereocenters. The van der Waals surface area contributed by atoms with E-state index < -0.39 is 0 Å². The Bertz CT molecular complexity index is 552. The average Bonchev–Trinajstić information content (AvgIpc) is 3.00. The van der Waals surface area contributed by atoms with Gasteiger partial charge in [0.25, 0.3) is 0 Å². The molecule has 112 valence electrons. The number of nitrogens with one attached hydrogen (secondary N) is 1. The Morgan fingerprint density at radius 2 is 2.05 bits per heavy atom. The zero-order chi connectivity index (χ0) is 15.1. The molecule has 1 N–H and O–H groups in total. The molecule has 21 heavy (non-hydrogen) atoms. The first-order valence-corrected chi connectivity index (χ1v) is 7.78. The number of nitrogens with zero attached hydrogens (tertiary/aromatic N) is 1. The smallest absolute Gasteiger partial charge is 0.238 e. The summed E-state index contributed by atoms with van der Waals surface area (Å²) in [5.74, 6) is 0.777. The summed E-state index contributed by atoms with van der Waals surface area (Å²) < 4.78 is 5.10. The largest absolute Gasteiger partial charge is 0.497 e. The summed E-state index contributed by atoms with van der Waals surface area (Å²) in [4.78, 5) is 15.5. The minimum Gasteiger partial charge on any atom is -0.497 e. The fourth-order valence-corrected chi connectivity index (χ4v) is 2.73. The highest BCUT2D eigenvalue weighted by Crippen LogP contribution is 2.15. The van der Waals surface area contributed by atoms with E-state index in [-0.39, 0.29) is 5.91 Å². The third-order valence-corrected chi connectivity index (χ3v) is 4.01. The summed E-state index contributed by atoms with van der Waals surface area (Å²) in [7, 11) is 1.62. The predicted octanol–water partition coefficient (Wildman–Crippen LogP) is 3.22. The lowest BCUT2D eigenvalue weighted by molar-refractivity contribution is -0.117. The standard InChI is InChI=1S/C16H20N2O2S/c1-3-18(11-15-5-4-10-21-15)12-16(19)17-13-6-8-14(20-2)9-7-13/h4-10H,3,11-12H2,1-2H3,(H,17,19). The highest BCUT2D eigenvalue weighted by atomic mass is 32.1. The third kappa shape index (κ3) is 4.88. The van der Waals surface area contributed by atoms with Gasteiger partial charge in [0.2, 0.25) is 5.91 Å². The van der Waals surface area contributed by atoms with Gasteiger partial charge in [0.1, 0.15) is 5.75 Å². The number of hydrogen-bond donors (Lipinski definition) is 1. The van der Waals surface area contributed by atoms with Crippen LogP contribution in [0.15, 0.2) is 41.8 Å². The van der Waals surface area contributed by atoms with Crippen LogP contribution in [0.25, 0.3) is 0 Å². The van der Waals surface area contributed by atoms with Gasteiger partial charge in [0.15, 0.2) is 0 Å². The van der Waals surface area contributed by atoms with Crippen LogP contribution in [0.5, 0.6) is 5.75 Å². The van der Waals surface area contributed by atoms with Crippen LogP contribution in [0.1, 0.15) is 11.8 Å². The van der Waals surface area contributed by atoms with E-state index in [2.05, 4.69) is 28.6 Å². The molecule has 0 radical (unpaired) electrons. The Balaban J connectivity index is 1.86. The van der Waals surface area contributed by atoms with Gasteiger partial charge in [-0.25, -0.2) is 0 Å². The lowest BCUT2D eigenvalue weighted by Gasteiger charge is -2.19. The Morgan fingerprint density at radius 3 is 2.62 bits per heavy atom. The Kier molecular flexibility index (Phi) is 5.78. The fraction of sp³-hybridized carbons (Fsp3) is 0.312. The molecule has 0 saturated carbocycles. The second kappa shape index (κ2) is 7.81. The van der Waals surface area contributed by atoms with Crippen molar-refractivity contribution in [2.75, 3.05) is 25.5 Å².